The van der Waals surface area contributed by atoms with Crippen molar-refractivity contribution in [2.45, 2.75) is 26.2 Å². The van der Waals surface area contributed by atoms with Gasteiger partial charge in [-0.2, -0.15) is 5.10 Å². The lowest BCUT2D eigenvalue weighted by Crippen LogP contribution is -2.23. The zero-order chi connectivity index (χ0) is 21.2. The molecule has 1 atom stereocenters. The zero-order valence-corrected chi connectivity index (χ0v) is 18.3. The van der Waals surface area contributed by atoms with Crippen LogP contribution < -0.4 is 25.4 Å². The number of nitrogens with one attached hydrogen (secondary N) is 1. The minimum atomic E-state index is 0.0776. The molecule has 0 aliphatic carbocycles. The number of thiocarbonyl (C=S) groups is 1. The van der Waals surface area contributed by atoms with Gasteiger partial charge in [-0.15, -0.1) is 0 Å². The van der Waals surface area contributed by atoms with Crippen LogP contribution in [0.3, 0.4) is 0 Å². The van der Waals surface area contributed by atoms with E-state index in [1.165, 1.54) is 11.8 Å². The Kier molecular flexibility index (Phi) is 9.02. The highest BCUT2D eigenvalue weighted by molar-refractivity contribution is 7.80. The molecule has 2 rings (SSSR count). The van der Waals surface area contributed by atoms with Crippen LogP contribution in [0.25, 0.3) is 0 Å². The molecule has 8 heteroatoms. The molecule has 0 fully saturated rings. The fraction of sp³-hybridized carbons (Fsp3) is 0.333. The third-order valence-electron chi connectivity index (χ3n) is 4.30. The van der Waals surface area contributed by atoms with Crippen molar-refractivity contribution < 1.29 is 14.2 Å². The molecule has 0 bridgehead atoms. The molecule has 2 aromatic carbocycles. The predicted molar refractivity (Wildman–Crippen MR) is 122 cm³/mol. The van der Waals surface area contributed by atoms with Gasteiger partial charge in [-0.3, -0.25) is 5.43 Å². The van der Waals surface area contributed by atoms with Crippen LogP contribution in [0.5, 0.6) is 17.2 Å². The molecule has 0 radical (unpaired) electrons. The molecule has 2 aromatic rings. The second-order valence-corrected chi connectivity index (χ2v) is 7.19. The molecule has 29 heavy (non-hydrogen) atoms. The molecule has 3 N–H and O–H groups in total. The maximum absolute atomic E-state index is 6.33. The lowest BCUT2D eigenvalue weighted by atomic mass is 9.99. The Balaban J connectivity index is 1.92. The van der Waals surface area contributed by atoms with Gasteiger partial charge >= 0.3 is 0 Å². The summed E-state index contributed by atoms with van der Waals surface area (Å²) in [6.45, 7) is 5.09. The van der Waals surface area contributed by atoms with Crippen LogP contribution >= 0.6 is 23.8 Å². The maximum atomic E-state index is 6.33. The van der Waals surface area contributed by atoms with Gasteiger partial charge in [0.15, 0.2) is 16.6 Å². The lowest BCUT2D eigenvalue weighted by molar-refractivity contribution is 0.211. The van der Waals surface area contributed by atoms with Gasteiger partial charge in [0, 0.05) is 0 Å². The fourth-order valence-electron chi connectivity index (χ4n) is 2.56. The SMILES string of the molecule is CCC(C)c1ccc(OCCOc2c(Cl)cc(/C=N/NC(N)=S)cc2OC)cc1. The Labute approximate surface area is 182 Å². The average Bonchev–Trinajstić information content (AvgIpc) is 2.71. The van der Waals surface area contributed by atoms with Crippen LogP contribution in [0.15, 0.2) is 41.5 Å². The Morgan fingerprint density at radius 2 is 1.93 bits per heavy atom. The number of nitrogens with two attached hydrogens (primary N) is 1. The van der Waals surface area contributed by atoms with Crippen molar-refractivity contribution in [2.24, 2.45) is 10.8 Å². The molecular formula is C21H26ClN3O3S. The van der Waals surface area contributed by atoms with E-state index in [0.717, 1.165) is 12.2 Å². The van der Waals surface area contributed by atoms with Crippen LogP contribution in [-0.2, 0) is 0 Å². The molecule has 0 saturated carbocycles. The van der Waals surface area contributed by atoms with Gasteiger partial charge < -0.3 is 19.9 Å². The number of rotatable bonds is 10. The van der Waals surface area contributed by atoms with E-state index in [4.69, 9.17) is 43.8 Å². The number of halogens is 1. The molecule has 0 amide bonds. The van der Waals surface area contributed by atoms with Crippen LogP contribution in [0.1, 0.15) is 37.3 Å². The van der Waals surface area contributed by atoms with Gasteiger partial charge in [0.25, 0.3) is 0 Å². The Hall–Kier alpha value is -2.51. The number of hydrogen-bond donors (Lipinski definition) is 2. The number of benzene rings is 2. The van der Waals surface area contributed by atoms with Crippen LogP contribution in [0.4, 0.5) is 0 Å². The van der Waals surface area contributed by atoms with Gasteiger partial charge in [-0.25, -0.2) is 0 Å². The third kappa shape index (κ3) is 7.11. The molecule has 0 spiro atoms. The first kappa shape index (κ1) is 22.8. The van der Waals surface area contributed by atoms with Crippen molar-refractivity contribution >= 4 is 35.1 Å². The number of nitrogens with zero attached hydrogens (tertiary/aromatic N) is 1. The van der Waals surface area contributed by atoms with Crippen molar-refractivity contribution in [1.29, 1.82) is 0 Å². The van der Waals surface area contributed by atoms with Crippen molar-refractivity contribution in [1.82, 2.24) is 5.43 Å². The zero-order valence-electron chi connectivity index (χ0n) is 16.8. The molecule has 1 unspecified atom stereocenters. The van der Waals surface area contributed by atoms with Crippen LogP contribution in [-0.4, -0.2) is 31.7 Å². The van der Waals surface area contributed by atoms with E-state index in [1.54, 1.807) is 19.2 Å². The first-order chi connectivity index (χ1) is 13.9. The van der Waals surface area contributed by atoms with E-state index in [9.17, 15) is 0 Å². The summed E-state index contributed by atoms with van der Waals surface area (Å²) in [5.74, 6) is 2.28. The topological polar surface area (TPSA) is 78.1 Å². The van der Waals surface area contributed by atoms with Gasteiger partial charge in [0.05, 0.1) is 18.3 Å². The monoisotopic (exact) mass is 435 g/mol. The molecule has 156 valence electrons. The van der Waals surface area contributed by atoms with Crippen molar-refractivity contribution in [3.05, 3.63) is 52.5 Å². The Bertz CT molecular complexity index is 844. The van der Waals surface area contributed by atoms with E-state index in [-0.39, 0.29) is 5.11 Å². The van der Waals surface area contributed by atoms with Gasteiger partial charge in [-0.05, 0) is 59.9 Å². The van der Waals surface area contributed by atoms with E-state index >= 15 is 0 Å². The second-order valence-electron chi connectivity index (χ2n) is 6.34. The third-order valence-corrected chi connectivity index (χ3v) is 4.67. The van der Waals surface area contributed by atoms with E-state index in [1.807, 2.05) is 12.1 Å². The summed E-state index contributed by atoms with van der Waals surface area (Å²) in [6, 6.07) is 11.6. The lowest BCUT2D eigenvalue weighted by Gasteiger charge is -2.14. The standard InChI is InChI=1S/C21H26ClN3O3S/c1-4-14(2)16-5-7-17(8-6-16)27-9-10-28-20-18(22)11-15(12-19(20)26-3)13-24-25-21(23)29/h5-8,11-14H,4,9-10H2,1-3H3,(H3,23,25,29)/b24-13+. The number of ether oxygens (including phenoxy) is 3. The summed E-state index contributed by atoms with van der Waals surface area (Å²) in [7, 11) is 1.54. The molecule has 0 aromatic heterocycles. The van der Waals surface area contributed by atoms with Crippen molar-refractivity contribution in [3.8, 4) is 17.2 Å². The Morgan fingerprint density at radius 1 is 1.24 bits per heavy atom. The molecule has 0 aliphatic rings. The summed E-state index contributed by atoms with van der Waals surface area (Å²) < 4.78 is 16.9. The smallest absolute Gasteiger partial charge is 0.184 e. The minimum Gasteiger partial charge on any atom is -0.493 e. The van der Waals surface area contributed by atoms with E-state index < -0.39 is 0 Å². The molecule has 0 saturated heterocycles. The summed E-state index contributed by atoms with van der Waals surface area (Å²) in [4.78, 5) is 0. The van der Waals surface area contributed by atoms with E-state index in [0.29, 0.717) is 41.2 Å². The van der Waals surface area contributed by atoms with Crippen LogP contribution in [0, 0.1) is 0 Å². The van der Waals surface area contributed by atoms with Gasteiger partial charge in [-0.1, -0.05) is 37.6 Å². The van der Waals surface area contributed by atoms with Gasteiger partial charge in [0.1, 0.15) is 19.0 Å². The summed E-state index contributed by atoms with van der Waals surface area (Å²) in [6.07, 6.45) is 2.64. The van der Waals surface area contributed by atoms with Crippen LogP contribution in [0.2, 0.25) is 5.02 Å². The average molecular weight is 436 g/mol. The van der Waals surface area contributed by atoms with Gasteiger partial charge in [0.2, 0.25) is 0 Å². The summed E-state index contributed by atoms with van der Waals surface area (Å²) >= 11 is 11.0. The molecule has 0 heterocycles. The first-order valence-corrected chi connectivity index (χ1v) is 10.0. The molecule has 6 nitrogen and oxygen atoms in total. The Morgan fingerprint density at radius 3 is 2.55 bits per heavy atom. The second kappa shape index (κ2) is 11.5. The quantitative estimate of drug-likeness (QED) is 0.248. The first-order valence-electron chi connectivity index (χ1n) is 9.26. The largest absolute Gasteiger partial charge is 0.493 e. The summed E-state index contributed by atoms with van der Waals surface area (Å²) in [5, 5.41) is 4.38. The van der Waals surface area contributed by atoms with Crippen molar-refractivity contribution in [3.63, 3.8) is 0 Å². The number of methoxy groups -OCH3 is 1. The molecule has 0 aliphatic heterocycles. The number of hydrogen-bond acceptors (Lipinski definition) is 5. The fourth-order valence-corrected chi connectivity index (χ4v) is 2.88. The maximum Gasteiger partial charge on any atom is 0.184 e. The van der Waals surface area contributed by atoms with Crippen molar-refractivity contribution in [2.75, 3.05) is 20.3 Å². The highest BCUT2D eigenvalue weighted by atomic mass is 35.5. The predicted octanol–water partition coefficient (Wildman–Crippen LogP) is 4.49. The molecular weight excluding hydrogens is 410 g/mol. The number of hydrazone groups is 1. The normalized spacial score (nSPS) is 11.9. The summed E-state index contributed by atoms with van der Waals surface area (Å²) in [5.41, 5.74) is 9.82. The highest BCUT2D eigenvalue weighted by Crippen LogP contribution is 2.36. The minimum absolute atomic E-state index is 0.0776. The van der Waals surface area contributed by atoms with E-state index in [2.05, 4.69) is 36.5 Å². The highest BCUT2D eigenvalue weighted by Gasteiger charge is 2.12.